The average molecular weight is 377 g/mol. The van der Waals surface area contributed by atoms with Gasteiger partial charge in [0, 0.05) is 12.7 Å². The Morgan fingerprint density at radius 2 is 1.89 bits per heavy atom. The molecule has 7 heteroatoms. The van der Waals surface area contributed by atoms with Crippen LogP contribution in [0.1, 0.15) is 66.4 Å². The molecule has 1 atom stereocenters. The second-order valence-electron chi connectivity index (χ2n) is 9.06. The minimum atomic E-state index is -0.928. The minimum Gasteiger partial charge on any atom is -0.465 e. The number of nitrogens with one attached hydrogen (secondary N) is 1. The zero-order chi connectivity index (χ0) is 20.5. The normalized spacial score (nSPS) is 20.9. The van der Waals surface area contributed by atoms with Crippen LogP contribution >= 0.6 is 0 Å². The van der Waals surface area contributed by atoms with E-state index in [9.17, 15) is 14.7 Å². The van der Waals surface area contributed by atoms with Crippen LogP contribution in [0.3, 0.4) is 0 Å². The standard InChI is InChI=1S/C20H31N3O4/c1-18(2,3)20(10-7-8-12-23(20)17(25)26)14-9-11-21-15(13-14)22-16(24)27-19(4,5)6/h9,11,13H,7-8,10,12H2,1-6H3,(H,25,26)(H,21,22,24). The second-order valence-corrected chi connectivity index (χ2v) is 9.06. The topological polar surface area (TPSA) is 91.8 Å². The largest absolute Gasteiger partial charge is 0.465 e. The summed E-state index contributed by atoms with van der Waals surface area (Å²) >= 11 is 0. The number of pyridine rings is 1. The van der Waals surface area contributed by atoms with Gasteiger partial charge in [0.05, 0.1) is 5.54 Å². The molecular formula is C20H31N3O4. The van der Waals surface area contributed by atoms with Gasteiger partial charge in [-0.05, 0) is 63.1 Å². The van der Waals surface area contributed by atoms with Gasteiger partial charge in [-0.15, -0.1) is 0 Å². The molecule has 0 spiro atoms. The highest BCUT2D eigenvalue weighted by atomic mass is 16.6. The van der Waals surface area contributed by atoms with E-state index in [4.69, 9.17) is 4.74 Å². The number of nitrogens with zero attached hydrogens (tertiary/aromatic N) is 2. The third kappa shape index (κ3) is 4.51. The second kappa shape index (κ2) is 7.37. The van der Waals surface area contributed by atoms with Crippen LogP contribution in [0.5, 0.6) is 0 Å². The lowest BCUT2D eigenvalue weighted by Crippen LogP contribution is -2.58. The molecule has 1 aliphatic rings. The number of likely N-dealkylation sites (tertiary alicyclic amines) is 1. The first-order valence-electron chi connectivity index (χ1n) is 9.34. The van der Waals surface area contributed by atoms with Gasteiger partial charge in [0.25, 0.3) is 0 Å². The molecule has 1 saturated heterocycles. The van der Waals surface area contributed by atoms with Crippen molar-refractivity contribution >= 4 is 18.0 Å². The molecule has 1 fully saturated rings. The van der Waals surface area contributed by atoms with Gasteiger partial charge in [-0.2, -0.15) is 0 Å². The molecule has 150 valence electrons. The molecule has 2 rings (SSSR count). The summed E-state index contributed by atoms with van der Waals surface area (Å²) in [5.41, 5.74) is -0.809. The summed E-state index contributed by atoms with van der Waals surface area (Å²) in [7, 11) is 0. The van der Waals surface area contributed by atoms with Crippen molar-refractivity contribution in [1.29, 1.82) is 0 Å². The Balaban J connectivity index is 2.43. The number of ether oxygens (including phenoxy) is 1. The highest BCUT2D eigenvalue weighted by Gasteiger charge is 2.51. The Morgan fingerprint density at radius 3 is 2.44 bits per heavy atom. The van der Waals surface area contributed by atoms with E-state index in [-0.39, 0.29) is 5.41 Å². The summed E-state index contributed by atoms with van der Waals surface area (Å²) in [6.45, 7) is 12.0. The van der Waals surface area contributed by atoms with Crippen LogP contribution < -0.4 is 5.32 Å². The SMILES string of the molecule is CC(C)(C)OC(=O)Nc1cc(C2(C(C)(C)C)CCCCN2C(=O)O)ccn1. The first kappa shape index (κ1) is 21.0. The third-order valence-electron chi connectivity index (χ3n) is 4.97. The first-order chi connectivity index (χ1) is 12.4. The Bertz CT molecular complexity index is 706. The van der Waals surface area contributed by atoms with E-state index in [1.807, 2.05) is 6.07 Å². The summed E-state index contributed by atoms with van der Waals surface area (Å²) in [5.74, 6) is 0.348. The number of anilines is 1. The van der Waals surface area contributed by atoms with Crippen molar-refractivity contribution < 1.29 is 19.4 Å². The fourth-order valence-corrected chi connectivity index (χ4v) is 3.91. The number of aromatic nitrogens is 1. The molecule has 1 aromatic heterocycles. The summed E-state index contributed by atoms with van der Waals surface area (Å²) in [6.07, 6.45) is 2.60. The van der Waals surface area contributed by atoms with Crippen molar-refractivity contribution in [2.24, 2.45) is 5.41 Å². The van der Waals surface area contributed by atoms with Crippen molar-refractivity contribution in [1.82, 2.24) is 9.88 Å². The number of piperidine rings is 1. The van der Waals surface area contributed by atoms with E-state index < -0.39 is 23.3 Å². The van der Waals surface area contributed by atoms with Gasteiger partial charge >= 0.3 is 12.2 Å². The lowest BCUT2D eigenvalue weighted by molar-refractivity contribution is -0.0293. The Morgan fingerprint density at radius 1 is 1.22 bits per heavy atom. The van der Waals surface area contributed by atoms with E-state index >= 15 is 0 Å². The molecule has 0 saturated carbocycles. The van der Waals surface area contributed by atoms with Crippen molar-refractivity contribution in [2.45, 2.75) is 71.9 Å². The zero-order valence-corrected chi connectivity index (χ0v) is 17.1. The van der Waals surface area contributed by atoms with E-state index in [0.29, 0.717) is 12.4 Å². The molecular weight excluding hydrogens is 346 g/mol. The van der Waals surface area contributed by atoms with Crippen molar-refractivity contribution in [3.05, 3.63) is 23.9 Å². The van der Waals surface area contributed by atoms with Gasteiger partial charge in [-0.25, -0.2) is 14.6 Å². The van der Waals surface area contributed by atoms with Crippen LogP contribution in [0.4, 0.5) is 15.4 Å². The van der Waals surface area contributed by atoms with Gasteiger partial charge in [-0.1, -0.05) is 20.8 Å². The molecule has 0 bridgehead atoms. The van der Waals surface area contributed by atoms with E-state index in [1.54, 1.807) is 37.9 Å². The number of hydrogen-bond acceptors (Lipinski definition) is 4. The molecule has 0 radical (unpaired) electrons. The van der Waals surface area contributed by atoms with E-state index in [2.05, 4.69) is 31.1 Å². The number of rotatable bonds is 2. The van der Waals surface area contributed by atoms with E-state index in [1.165, 1.54) is 0 Å². The van der Waals surface area contributed by atoms with Crippen LogP contribution in [0.25, 0.3) is 0 Å². The molecule has 1 unspecified atom stereocenters. The van der Waals surface area contributed by atoms with E-state index in [0.717, 1.165) is 24.8 Å². The summed E-state index contributed by atoms with van der Waals surface area (Å²) in [6, 6.07) is 3.60. The first-order valence-corrected chi connectivity index (χ1v) is 9.34. The van der Waals surface area contributed by atoms with Gasteiger partial charge in [0.15, 0.2) is 0 Å². The number of amides is 2. The Labute approximate surface area is 161 Å². The molecule has 27 heavy (non-hydrogen) atoms. The number of carbonyl (C=O) groups excluding carboxylic acids is 1. The molecule has 2 amide bonds. The summed E-state index contributed by atoms with van der Waals surface area (Å²) in [4.78, 5) is 29.9. The maximum absolute atomic E-state index is 12.1. The predicted molar refractivity (Wildman–Crippen MR) is 104 cm³/mol. The number of carbonyl (C=O) groups is 2. The highest BCUT2D eigenvalue weighted by Crippen LogP contribution is 2.50. The fraction of sp³-hybridized carbons (Fsp3) is 0.650. The number of carboxylic acid groups (broad SMARTS) is 1. The lowest BCUT2D eigenvalue weighted by atomic mass is 9.64. The van der Waals surface area contributed by atoms with Crippen molar-refractivity contribution in [3.8, 4) is 0 Å². The van der Waals surface area contributed by atoms with Crippen LogP contribution in [-0.4, -0.2) is 39.3 Å². The molecule has 7 nitrogen and oxygen atoms in total. The molecule has 0 aliphatic carbocycles. The van der Waals surface area contributed by atoms with Gasteiger partial charge in [0.2, 0.25) is 0 Å². The van der Waals surface area contributed by atoms with Gasteiger partial charge in [0.1, 0.15) is 11.4 Å². The zero-order valence-electron chi connectivity index (χ0n) is 17.1. The molecule has 2 heterocycles. The minimum absolute atomic E-state index is 0.337. The summed E-state index contributed by atoms with van der Waals surface area (Å²) < 4.78 is 5.28. The average Bonchev–Trinajstić information content (AvgIpc) is 2.51. The Hall–Kier alpha value is -2.31. The Kier molecular flexibility index (Phi) is 5.73. The van der Waals surface area contributed by atoms with Crippen LogP contribution in [0.2, 0.25) is 0 Å². The molecule has 1 aromatic rings. The van der Waals surface area contributed by atoms with Crippen LogP contribution in [0.15, 0.2) is 18.3 Å². The summed E-state index contributed by atoms with van der Waals surface area (Å²) in [5, 5.41) is 12.5. The fourth-order valence-electron chi connectivity index (χ4n) is 3.91. The third-order valence-corrected chi connectivity index (χ3v) is 4.97. The van der Waals surface area contributed by atoms with Crippen molar-refractivity contribution in [3.63, 3.8) is 0 Å². The lowest BCUT2D eigenvalue weighted by Gasteiger charge is -2.54. The van der Waals surface area contributed by atoms with Gasteiger partial charge in [-0.3, -0.25) is 10.2 Å². The predicted octanol–water partition coefficient (Wildman–Crippen LogP) is 4.83. The molecule has 0 aromatic carbocycles. The monoisotopic (exact) mass is 377 g/mol. The highest BCUT2D eigenvalue weighted by molar-refractivity contribution is 5.83. The van der Waals surface area contributed by atoms with Crippen molar-refractivity contribution in [2.75, 3.05) is 11.9 Å². The molecule has 2 N–H and O–H groups in total. The smallest absolute Gasteiger partial charge is 0.413 e. The maximum Gasteiger partial charge on any atom is 0.413 e. The van der Waals surface area contributed by atoms with Crippen LogP contribution in [0, 0.1) is 5.41 Å². The number of hydrogen-bond donors (Lipinski definition) is 2. The molecule has 1 aliphatic heterocycles. The van der Waals surface area contributed by atoms with Crippen LogP contribution in [-0.2, 0) is 10.3 Å². The maximum atomic E-state index is 12.1. The van der Waals surface area contributed by atoms with Gasteiger partial charge < -0.3 is 9.84 Å². The quantitative estimate of drug-likeness (QED) is 0.770.